The van der Waals surface area contributed by atoms with Crippen LogP contribution in [-0.2, 0) is 6.54 Å². The van der Waals surface area contributed by atoms with Crippen LogP contribution in [0.2, 0.25) is 0 Å². The Hall–Kier alpha value is -0.580. The summed E-state index contributed by atoms with van der Waals surface area (Å²) in [6.45, 7) is 1.54. The van der Waals surface area contributed by atoms with Gasteiger partial charge in [0.05, 0.1) is 5.60 Å². The zero-order chi connectivity index (χ0) is 13.9. The fourth-order valence-electron chi connectivity index (χ4n) is 2.98. The molecule has 0 saturated heterocycles. The second-order valence-corrected chi connectivity index (χ2v) is 6.51. The number of aliphatic hydroxyl groups is 1. The highest BCUT2D eigenvalue weighted by molar-refractivity contribution is 9.10. The molecular weight excluding hydrogens is 304 g/mol. The van der Waals surface area contributed by atoms with E-state index in [9.17, 15) is 5.11 Å². The molecule has 2 N–H and O–H groups in total. The lowest BCUT2D eigenvalue weighted by atomic mass is 10.0. The van der Waals surface area contributed by atoms with Crippen molar-refractivity contribution >= 4 is 21.6 Å². The summed E-state index contributed by atoms with van der Waals surface area (Å²) < 4.78 is 1.09. The van der Waals surface area contributed by atoms with Gasteiger partial charge in [0.1, 0.15) is 0 Å². The highest BCUT2D eigenvalue weighted by Crippen LogP contribution is 2.32. The maximum atomic E-state index is 10.5. The summed E-state index contributed by atoms with van der Waals surface area (Å²) in [4.78, 5) is 2.18. The summed E-state index contributed by atoms with van der Waals surface area (Å²) in [7, 11) is 4.02. The molecule has 0 heterocycles. The van der Waals surface area contributed by atoms with Gasteiger partial charge in [0.15, 0.2) is 0 Å². The highest BCUT2D eigenvalue weighted by atomic mass is 79.9. The molecule has 0 unspecified atom stereocenters. The van der Waals surface area contributed by atoms with Gasteiger partial charge in [0, 0.05) is 30.3 Å². The molecule has 1 fully saturated rings. The Bertz CT molecular complexity index is 430. The molecule has 3 nitrogen and oxygen atoms in total. The van der Waals surface area contributed by atoms with Crippen LogP contribution in [0.25, 0.3) is 0 Å². The molecule has 2 rings (SSSR count). The van der Waals surface area contributed by atoms with Gasteiger partial charge in [0.25, 0.3) is 0 Å². The van der Waals surface area contributed by atoms with E-state index in [1.54, 1.807) is 0 Å². The van der Waals surface area contributed by atoms with Crippen molar-refractivity contribution < 1.29 is 5.11 Å². The van der Waals surface area contributed by atoms with Crippen LogP contribution in [0.4, 0.5) is 5.69 Å². The Labute approximate surface area is 124 Å². The van der Waals surface area contributed by atoms with Crippen LogP contribution in [0.1, 0.15) is 31.2 Å². The monoisotopic (exact) mass is 326 g/mol. The molecule has 0 amide bonds. The van der Waals surface area contributed by atoms with Crippen molar-refractivity contribution in [2.45, 2.75) is 37.8 Å². The van der Waals surface area contributed by atoms with Crippen molar-refractivity contribution in [3.63, 3.8) is 0 Å². The molecule has 1 aromatic rings. The maximum Gasteiger partial charge on any atom is 0.0821 e. The Morgan fingerprint density at radius 1 is 1.37 bits per heavy atom. The normalized spacial score (nSPS) is 17.7. The second kappa shape index (κ2) is 6.25. The minimum atomic E-state index is -0.501. The first kappa shape index (κ1) is 14.8. The zero-order valence-electron chi connectivity index (χ0n) is 11.7. The zero-order valence-corrected chi connectivity index (χ0v) is 13.3. The Morgan fingerprint density at radius 3 is 2.68 bits per heavy atom. The topological polar surface area (TPSA) is 35.5 Å². The van der Waals surface area contributed by atoms with E-state index >= 15 is 0 Å². The molecule has 19 heavy (non-hydrogen) atoms. The number of hydrogen-bond donors (Lipinski definition) is 2. The van der Waals surface area contributed by atoms with E-state index < -0.39 is 5.60 Å². The molecule has 0 aliphatic heterocycles. The van der Waals surface area contributed by atoms with Gasteiger partial charge in [-0.1, -0.05) is 28.8 Å². The molecule has 106 valence electrons. The highest BCUT2D eigenvalue weighted by Gasteiger charge is 2.32. The summed E-state index contributed by atoms with van der Waals surface area (Å²) in [6.07, 6.45) is 4.15. The van der Waals surface area contributed by atoms with E-state index in [1.165, 1.54) is 11.3 Å². The number of likely N-dealkylation sites (N-methyl/N-ethyl adjacent to an activating group) is 1. The minimum absolute atomic E-state index is 0.501. The van der Waals surface area contributed by atoms with Crippen LogP contribution < -0.4 is 10.2 Å². The average Bonchev–Trinajstić information content (AvgIpc) is 2.76. The first-order valence-electron chi connectivity index (χ1n) is 6.91. The number of rotatable bonds is 5. The largest absolute Gasteiger partial charge is 0.388 e. The molecule has 4 heteroatoms. The van der Waals surface area contributed by atoms with Gasteiger partial charge >= 0.3 is 0 Å². The van der Waals surface area contributed by atoms with Crippen LogP contribution in [0.5, 0.6) is 0 Å². The molecule has 0 bridgehead atoms. The fourth-order valence-corrected chi connectivity index (χ4v) is 3.38. The number of nitrogens with one attached hydrogen (secondary N) is 1. The molecule has 1 aromatic carbocycles. The number of hydrogen-bond acceptors (Lipinski definition) is 3. The van der Waals surface area contributed by atoms with Crippen LogP contribution in [0, 0.1) is 0 Å². The summed E-state index contributed by atoms with van der Waals surface area (Å²) >= 11 is 3.52. The fraction of sp³-hybridized carbons (Fsp3) is 0.600. The average molecular weight is 327 g/mol. The van der Waals surface area contributed by atoms with E-state index in [2.05, 4.69) is 51.4 Å². The molecule has 0 atom stereocenters. The molecule has 1 saturated carbocycles. The van der Waals surface area contributed by atoms with E-state index in [0.717, 1.165) is 36.7 Å². The van der Waals surface area contributed by atoms with Gasteiger partial charge in [-0.25, -0.2) is 0 Å². The Kier molecular flexibility index (Phi) is 4.87. The molecule has 0 aromatic heterocycles. The van der Waals surface area contributed by atoms with Crippen LogP contribution >= 0.6 is 15.9 Å². The SMILES string of the molecule is CNCc1cc(Br)ccc1N(C)CC1(O)CCCC1. The van der Waals surface area contributed by atoms with Gasteiger partial charge in [-0.15, -0.1) is 0 Å². The van der Waals surface area contributed by atoms with E-state index in [4.69, 9.17) is 0 Å². The van der Waals surface area contributed by atoms with Gasteiger partial charge in [-0.3, -0.25) is 0 Å². The van der Waals surface area contributed by atoms with Crippen LogP contribution in [0.3, 0.4) is 0 Å². The predicted molar refractivity (Wildman–Crippen MR) is 83.6 cm³/mol. The van der Waals surface area contributed by atoms with Gasteiger partial charge in [0.2, 0.25) is 0 Å². The van der Waals surface area contributed by atoms with Crippen LogP contribution in [-0.4, -0.2) is 31.3 Å². The summed E-state index contributed by atoms with van der Waals surface area (Å²) in [6, 6.07) is 6.32. The standard InChI is InChI=1S/C15H23BrN2O/c1-17-10-12-9-13(16)5-6-14(12)18(2)11-15(19)7-3-4-8-15/h5-6,9,17,19H,3-4,7-8,10-11H2,1-2H3. The Balaban J connectivity index is 2.15. The third kappa shape index (κ3) is 3.71. The quantitative estimate of drug-likeness (QED) is 0.873. The molecule has 0 spiro atoms. The lowest BCUT2D eigenvalue weighted by Crippen LogP contribution is -2.39. The van der Waals surface area contributed by atoms with Crippen molar-refractivity contribution in [3.8, 4) is 0 Å². The number of anilines is 1. The predicted octanol–water partition coefficient (Wildman–Crippen LogP) is 2.91. The Morgan fingerprint density at radius 2 is 2.05 bits per heavy atom. The minimum Gasteiger partial charge on any atom is -0.388 e. The summed E-state index contributed by atoms with van der Waals surface area (Å²) in [5.74, 6) is 0. The number of benzene rings is 1. The van der Waals surface area contributed by atoms with Crippen LogP contribution in [0.15, 0.2) is 22.7 Å². The summed E-state index contributed by atoms with van der Waals surface area (Å²) in [5, 5.41) is 13.7. The summed E-state index contributed by atoms with van der Waals surface area (Å²) in [5.41, 5.74) is 1.94. The van der Waals surface area contributed by atoms with Crippen molar-refractivity contribution in [1.29, 1.82) is 0 Å². The third-order valence-electron chi connectivity index (χ3n) is 3.89. The van der Waals surface area contributed by atoms with E-state index in [0.29, 0.717) is 6.54 Å². The number of nitrogens with zero attached hydrogens (tertiary/aromatic N) is 1. The lowest BCUT2D eigenvalue weighted by Gasteiger charge is -2.31. The smallest absolute Gasteiger partial charge is 0.0821 e. The van der Waals surface area contributed by atoms with Crippen molar-refractivity contribution in [3.05, 3.63) is 28.2 Å². The van der Waals surface area contributed by atoms with Gasteiger partial charge < -0.3 is 15.3 Å². The maximum absolute atomic E-state index is 10.5. The molecule has 1 aliphatic carbocycles. The second-order valence-electron chi connectivity index (χ2n) is 5.59. The molecule has 0 radical (unpaired) electrons. The molecule has 1 aliphatic rings. The first-order chi connectivity index (χ1) is 9.04. The van der Waals surface area contributed by atoms with Crippen molar-refractivity contribution in [2.75, 3.05) is 25.5 Å². The van der Waals surface area contributed by atoms with E-state index in [-0.39, 0.29) is 0 Å². The number of halogens is 1. The first-order valence-corrected chi connectivity index (χ1v) is 7.70. The molecular formula is C15H23BrN2O. The van der Waals surface area contributed by atoms with Crippen molar-refractivity contribution in [2.24, 2.45) is 0 Å². The van der Waals surface area contributed by atoms with Crippen molar-refractivity contribution in [1.82, 2.24) is 5.32 Å². The third-order valence-corrected chi connectivity index (χ3v) is 4.38. The van der Waals surface area contributed by atoms with Gasteiger partial charge in [-0.2, -0.15) is 0 Å². The van der Waals surface area contributed by atoms with Gasteiger partial charge in [-0.05, 0) is 43.7 Å². The van der Waals surface area contributed by atoms with E-state index in [1.807, 2.05) is 7.05 Å². The lowest BCUT2D eigenvalue weighted by molar-refractivity contribution is 0.0559.